The lowest BCUT2D eigenvalue weighted by Gasteiger charge is -2.16. The van der Waals surface area contributed by atoms with Crippen LogP contribution in [0, 0.1) is 17.0 Å². The molecule has 0 aliphatic rings. The fourth-order valence-corrected chi connectivity index (χ4v) is 4.02. The Balaban J connectivity index is 1.66. The molecule has 33 heavy (non-hydrogen) atoms. The third kappa shape index (κ3) is 4.75. The number of aromatic nitrogens is 3. The zero-order valence-corrected chi connectivity index (χ0v) is 18.6. The van der Waals surface area contributed by atoms with Crippen LogP contribution in [0.3, 0.4) is 0 Å². The van der Waals surface area contributed by atoms with E-state index in [1.165, 1.54) is 28.8 Å². The zero-order valence-electron chi connectivity index (χ0n) is 17.8. The highest BCUT2D eigenvalue weighted by atomic mass is 32.2. The van der Waals surface area contributed by atoms with Crippen LogP contribution in [0.1, 0.15) is 12.5 Å². The van der Waals surface area contributed by atoms with Crippen LogP contribution in [0.5, 0.6) is 0 Å². The van der Waals surface area contributed by atoms with E-state index in [4.69, 9.17) is 0 Å². The van der Waals surface area contributed by atoms with Crippen molar-refractivity contribution in [1.29, 1.82) is 0 Å². The standard InChI is InChI=1S/C23H19N5O4S/c1-14-7-12-20(24-13-14)27-22(30)18-5-3-4-6-19(18)26-23(27)33-15(2)21(29)25-16-8-10-17(11-9-16)28(31)32/h3-13,15H,1-2H3,(H,25,29). The first-order chi connectivity index (χ1) is 15.8. The van der Waals surface area contributed by atoms with Crippen molar-refractivity contribution >= 4 is 39.9 Å². The molecule has 2 aromatic carbocycles. The van der Waals surface area contributed by atoms with Crippen LogP contribution in [0.25, 0.3) is 16.7 Å². The number of anilines is 1. The average molecular weight is 462 g/mol. The predicted octanol–water partition coefficient (Wildman–Crippen LogP) is 4.12. The van der Waals surface area contributed by atoms with Gasteiger partial charge in [0.15, 0.2) is 5.16 Å². The third-order valence-electron chi connectivity index (χ3n) is 4.87. The zero-order chi connectivity index (χ0) is 23.5. The number of hydrogen-bond acceptors (Lipinski definition) is 7. The van der Waals surface area contributed by atoms with E-state index < -0.39 is 10.2 Å². The maximum atomic E-state index is 13.3. The lowest BCUT2D eigenvalue weighted by atomic mass is 10.2. The summed E-state index contributed by atoms with van der Waals surface area (Å²) in [5, 5.41) is 13.7. The molecule has 4 aromatic rings. The van der Waals surface area contributed by atoms with Gasteiger partial charge >= 0.3 is 0 Å². The number of nitrogens with one attached hydrogen (secondary N) is 1. The van der Waals surface area contributed by atoms with Gasteiger partial charge in [0, 0.05) is 24.0 Å². The Labute approximate surface area is 192 Å². The number of hydrogen-bond donors (Lipinski definition) is 1. The molecule has 0 bridgehead atoms. The van der Waals surface area contributed by atoms with Crippen LogP contribution < -0.4 is 10.9 Å². The maximum absolute atomic E-state index is 13.3. The molecule has 2 aromatic heterocycles. The smallest absolute Gasteiger partial charge is 0.269 e. The monoisotopic (exact) mass is 461 g/mol. The number of non-ortho nitro benzene ring substituents is 1. The number of pyridine rings is 1. The minimum Gasteiger partial charge on any atom is -0.325 e. The summed E-state index contributed by atoms with van der Waals surface area (Å²) >= 11 is 1.13. The summed E-state index contributed by atoms with van der Waals surface area (Å²) in [4.78, 5) is 45.4. The Bertz CT molecular complexity index is 1400. The fraction of sp³-hybridized carbons (Fsp3) is 0.130. The number of para-hydroxylation sites is 1. The van der Waals surface area contributed by atoms with Gasteiger partial charge in [0.1, 0.15) is 5.82 Å². The molecule has 1 unspecified atom stereocenters. The molecular formula is C23H19N5O4S. The summed E-state index contributed by atoms with van der Waals surface area (Å²) in [5.41, 5.74) is 1.57. The number of rotatable bonds is 6. The van der Waals surface area contributed by atoms with Gasteiger partial charge in [-0.05, 0) is 49.7 Å². The number of nitro benzene ring substituents is 1. The summed E-state index contributed by atoms with van der Waals surface area (Å²) in [6.45, 7) is 3.60. The summed E-state index contributed by atoms with van der Waals surface area (Å²) in [6.07, 6.45) is 1.66. The molecule has 0 saturated heterocycles. The number of amides is 1. The molecule has 166 valence electrons. The van der Waals surface area contributed by atoms with Crippen molar-refractivity contribution in [3.63, 3.8) is 0 Å². The largest absolute Gasteiger partial charge is 0.325 e. The molecule has 0 aliphatic carbocycles. The van der Waals surface area contributed by atoms with Crippen LogP contribution in [0.4, 0.5) is 11.4 Å². The summed E-state index contributed by atoms with van der Waals surface area (Å²) in [5.74, 6) is 0.0778. The molecule has 0 spiro atoms. The number of thioether (sulfide) groups is 1. The minimum atomic E-state index is -0.620. The van der Waals surface area contributed by atoms with Gasteiger partial charge in [0.05, 0.1) is 21.1 Å². The molecule has 1 N–H and O–H groups in total. The molecule has 0 saturated carbocycles. The number of carbonyl (C=O) groups is 1. The van der Waals surface area contributed by atoms with E-state index in [0.717, 1.165) is 17.3 Å². The van der Waals surface area contributed by atoms with Crippen molar-refractivity contribution in [2.45, 2.75) is 24.3 Å². The molecule has 10 heteroatoms. The molecule has 2 heterocycles. The maximum Gasteiger partial charge on any atom is 0.269 e. The highest BCUT2D eigenvalue weighted by Gasteiger charge is 2.21. The van der Waals surface area contributed by atoms with Crippen LogP contribution in [-0.2, 0) is 4.79 Å². The Kier molecular flexibility index (Phi) is 6.18. The summed E-state index contributed by atoms with van der Waals surface area (Å²) in [7, 11) is 0. The van der Waals surface area contributed by atoms with Gasteiger partial charge in [-0.25, -0.2) is 14.5 Å². The Morgan fingerprint density at radius 2 is 1.85 bits per heavy atom. The van der Waals surface area contributed by atoms with Crippen molar-refractivity contribution in [3.8, 4) is 5.82 Å². The SMILES string of the molecule is Cc1ccc(-n2c(SC(C)C(=O)Nc3ccc([N+](=O)[O-])cc3)nc3ccccc3c2=O)nc1. The van der Waals surface area contributed by atoms with Crippen molar-refractivity contribution in [2.24, 2.45) is 0 Å². The summed E-state index contributed by atoms with van der Waals surface area (Å²) in [6, 6.07) is 16.2. The Morgan fingerprint density at radius 3 is 2.52 bits per heavy atom. The molecular weight excluding hydrogens is 442 g/mol. The normalized spacial score (nSPS) is 11.8. The van der Waals surface area contributed by atoms with Crippen LogP contribution in [-0.4, -0.2) is 30.6 Å². The fourth-order valence-electron chi connectivity index (χ4n) is 3.11. The van der Waals surface area contributed by atoms with E-state index in [2.05, 4.69) is 15.3 Å². The molecule has 1 amide bonds. The summed E-state index contributed by atoms with van der Waals surface area (Å²) < 4.78 is 1.40. The predicted molar refractivity (Wildman–Crippen MR) is 127 cm³/mol. The van der Waals surface area contributed by atoms with Gasteiger partial charge in [-0.2, -0.15) is 0 Å². The van der Waals surface area contributed by atoms with E-state index in [9.17, 15) is 19.7 Å². The van der Waals surface area contributed by atoms with Gasteiger partial charge in [0.25, 0.3) is 11.2 Å². The highest BCUT2D eigenvalue weighted by Crippen LogP contribution is 2.26. The van der Waals surface area contributed by atoms with Crippen LogP contribution in [0.15, 0.2) is 76.8 Å². The molecule has 0 fully saturated rings. The number of fused-ring (bicyclic) bond motifs is 1. The van der Waals surface area contributed by atoms with E-state index in [0.29, 0.717) is 27.6 Å². The highest BCUT2D eigenvalue weighted by molar-refractivity contribution is 8.00. The average Bonchev–Trinajstić information content (AvgIpc) is 2.80. The lowest BCUT2D eigenvalue weighted by molar-refractivity contribution is -0.384. The molecule has 9 nitrogen and oxygen atoms in total. The number of carbonyl (C=O) groups excluding carboxylic acids is 1. The first-order valence-electron chi connectivity index (χ1n) is 10.0. The van der Waals surface area contributed by atoms with Gasteiger partial charge in [-0.15, -0.1) is 0 Å². The van der Waals surface area contributed by atoms with Gasteiger partial charge in [-0.1, -0.05) is 30.0 Å². The first kappa shape index (κ1) is 22.2. The molecule has 0 aliphatic heterocycles. The van der Waals surface area contributed by atoms with Crippen molar-refractivity contribution in [2.75, 3.05) is 5.32 Å². The van der Waals surface area contributed by atoms with E-state index in [1.54, 1.807) is 43.5 Å². The molecule has 0 radical (unpaired) electrons. The van der Waals surface area contributed by atoms with Crippen molar-refractivity contribution < 1.29 is 9.72 Å². The van der Waals surface area contributed by atoms with Crippen molar-refractivity contribution in [1.82, 2.24) is 14.5 Å². The second-order valence-corrected chi connectivity index (χ2v) is 8.61. The van der Waals surface area contributed by atoms with E-state index in [-0.39, 0.29) is 17.2 Å². The molecule has 4 rings (SSSR count). The first-order valence-corrected chi connectivity index (χ1v) is 10.9. The lowest BCUT2D eigenvalue weighted by Crippen LogP contribution is -2.26. The van der Waals surface area contributed by atoms with Crippen LogP contribution >= 0.6 is 11.8 Å². The van der Waals surface area contributed by atoms with Crippen molar-refractivity contribution in [3.05, 3.63) is 92.9 Å². The van der Waals surface area contributed by atoms with Crippen LogP contribution in [0.2, 0.25) is 0 Å². The second kappa shape index (κ2) is 9.21. The Morgan fingerprint density at radius 1 is 1.12 bits per heavy atom. The number of nitrogens with zero attached hydrogens (tertiary/aromatic N) is 4. The topological polar surface area (TPSA) is 120 Å². The quantitative estimate of drug-likeness (QED) is 0.198. The molecule has 1 atom stereocenters. The number of benzene rings is 2. The van der Waals surface area contributed by atoms with Gasteiger partial charge < -0.3 is 5.32 Å². The van der Waals surface area contributed by atoms with E-state index >= 15 is 0 Å². The van der Waals surface area contributed by atoms with Gasteiger partial charge in [-0.3, -0.25) is 19.7 Å². The number of aryl methyl sites for hydroxylation is 1. The van der Waals surface area contributed by atoms with Gasteiger partial charge in [0.2, 0.25) is 5.91 Å². The Hall–Kier alpha value is -4.05. The second-order valence-electron chi connectivity index (χ2n) is 7.30. The number of nitro groups is 1. The van der Waals surface area contributed by atoms with E-state index in [1.807, 2.05) is 13.0 Å². The minimum absolute atomic E-state index is 0.0644. The third-order valence-corrected chi connectivity index (χ3v) is 5.92.